The molecular formula is C14H13Cl2NO2. The number of rotatable bonds is 4. The smallest absolute Gasteiger partial charge is 0.120 e. The molecule has 2 N–H and O–H groups in total. The third-order valence-corrected chi connectivity index (χ3v) is 3.25. The van der Waals surface area contributed by atoms with Crippen LogP contribution in [0.5, 0.6) is 11.5 Å². The van der Waals surface area contributed by atoms with Gasteiger partial charge in [0.25, 0.3) is 0 Å². The predicted molar refractivity (Wildman–Crippen MR) is 78.4 cm³/mol. The van der Waals surface area contributed by atoms with Gasteiger partial charge in [0.15, 0.2) is 0 Å². The highest BCUT2D eigenvalue weighted by Gasteiger charge is 2.05. The molecule has 0 fully saturated rings. The van der Waals surface area contributed by atoms with Crippen LogP contribution in [0.4, 0.5) is 5.69 Å². The number of hydrogen-bond acceptors (Lipinski definition) is 3. The fourth-order valence-corrected chi connectivity index (χ4v) is 2.01. The highest BCUT2D eigenvalue weighted by Crippen LogP contribution is 2.28. The van der Waals surface area contributed by atoms with Gasteiger partial charge in [-0.1, -0.05) is 23.2 Å². The number of phenols is 1. The van der Waals surface area contributed by atoms with Crippen LogP contribution in [0.15, 0.2) is 36.4 Å². The van der Waals surface area contributed by atoms with Crippen LogP contribution >= 0.6 is 23.2 Å². The molecule has 0 aliphatic rings. The molecule has 0 amide bonds. The number of phenolic OH excluding ortho intramolecular Hbond substituents is 1. The summed E-state index contributed by atoms with van der Waals surface area (Å²) in [6, 6.07) is 10.2. The molecular weight excluding hydrogens is 285 g/mol. The number of hydrogen-bond donors (Lipinski definition) is 2. The monoisotopic (exact) mass is 297 g/mol. The first-order valence-electron chi connectivity index (χ1n) is 5.65. The Morgan fingerprint density at radius 3 is 2.68 bits per heavy atom. The van der Waals surface area contributed by atoms with Crippen molar-refractivity contribution in [2.75, 3.05) is 12.4 Å². The summed E-state index contributed by atoms with van der Waals surface area (Å²) in [7, 11) is 1.58. The Bertz CT molecular complexity index is 588. The van der Waals surface area contributed by atoms with E-state index in [1.807, 2.05) is 0 Å². The fourth-order valence-electron chi connectivity index (χ4n) is 1.65. The van der Waals surface area contributed by atoms with E-state index < -0.39 is 0 Å². The van der Waals surface area contributed by atoms with E-state index in [1.54, 1.807) is 43.5 Å². The van der Waals surface area contributed by atoms with Gasteiger partial charge in [0.1, 0.15) is 11.5 Å². The average molecular weight is 298 g/mol. The van der Waals surface area contributed by atoms with E-state index in [1.165, 1.54) is 0 Å². The van der Waals surface area contributed by atoms with E-state index in [-0.39, 0.29) is 5.75 Å². The zero-order chi connectivity index (χ0) is 13.8. The molecule has 0 radical (unpaired) electrons. The topological polar surface area (TPSA) is 41.5 Å². The fraction of sp³-hybridized carbons (Fsp3) is 0.143. The largest absolute Gasteiger partial charge is 0.508 e. The summed E-state index contributed by atoms with van der Waals surface area (Å²) in [5, 5.41) is 14.1. The van der Waals surface area contributed by atoms with Gasteiger partial charge in [0, 0.05) is 17.1 Å². The van der Waals surface area contributed by atoms with Crippen molar-refractivity contribution < 1.29 is 9.84 Å². The molecule has 0 aliphatic heterocycles. The zero-order valence-electron chi connectivity index (χ0n) is 10.3. The van der Waals surface area contributed by atoms with Crippen molar-refractivity contribution in [2.45, 2.75) is 6.54 Å². The van der Waals surface area contributed by atoms with Crippen molar-refractivity contribution in [3.05, 3.63) is 52.0 Å². The van der Waals surface area contributed by atoms with Crippen LogP contribution in [-0.4, -0.2) is 12.2 Å². The molecule has 0 aromatic heterocycles. The lowest BCUT2D eigenvalue weighted by Gasteiger charge is -2.11. The summed E-state index contributed by atoms with van der Waals surface area (Å²) in [6.07, 6.45) is 0. The second-order valence-corrected chi connectivity index (χ2v) is 4.82. The lowest BCUT2D eigenvalue weighted by atomic mass is 10.2. The number of ether oxygens (including phenoxy) is 1. The van der Waals surface area contributed by atoms with Gasteiger partial charge in [-0.15, -0.1) is 0 Å². The van der Waals surface area contributed by atoms with Gasteiger partial charge in [0.2, 0.25) is 0 Å². The summed E-state index contributed by atoms with van der Waals surface area (Å²) in [5.41, 5.74) is 1.44. The van der Waals surface area contributed by atoms with Gasteiger partial charge >= 0.3 is 0 Å². The SMILES string of the molecule is COc1ccc(O)c(CNc2cc(Cl)ccc2Cl)c1. The normalized spacial score (nSPS) is 10.3. The van der Waals surface area contributed by atoms with Gasteiger partial charge in [-0.2, -0.15) is 0 Å². The van der Waals surface area contributed by atoms with Crippen molar-refractivity contribution in [3.8, 4) is 11.5 Å². The molecule has 0 saturated carbocycles. The van der Waals surface area contributed by atoms with E-state index >= 15 is 0 Å². The maximum absolute atomic E-state index is 9.78. The van der Waals surface area contributed by atoms with Crippen LogP contribution in [0.1, 0.15) is 5.56 Å². The van der Waals surface area contributed by atoms with E-state index in [0.717, 1.165) is 11.3 Å². The number of halogens is 2. The zero-order valence-corrected chi connectivity index (χ0v) is 11.8. The van der Waals surface area contributed by atoms with Crippen LogP contribution in [-0.2, 0) is 6.54 Å². The predicted octanol–water partition coefficient (Wildman–Crippen LogP) is 4.32. The van der Waals surface area contributed by atoms with Gasteiger partial charge in [-0.05, 0) is 36.4 Å². The van der Waals surface area contributed by atoms with Crippen molar-refractivity contribution in [1.82, 2.24) is 0 Å². The first-order valence-corrected chi connectivity index (χ1v) is 6.40. The standard InChI is InChI=1S/C14H13Cl2NO2/c1-19-11-3-5-14(18)9(6-11)8-17-13-7-10(15)2-4-12(13)16/h2-7,17-18H,8H2,1H3. The Balaban J connectivity index is 2.16. The summed E-state index contributed by atoms with van der Waals surface area (Å²) >= 11 is 12.0. The van der Waals surface area contributed by atoms with Crippen molar-refractivity contribution in [3.63, 3.8) is 0 Å². The first kappa shape index (κ1) is 13.8. The summed E-state index contributed by atoms with van der Waals surface area (Å²) in [4.78, 5) is 0. The number of methoxy groups -OCH3 is 1. The number of anilines is 1. The molecule has 0 unspecified atom stereocenters. The Kier molecular flexibility index (Phi) is 4.40. The summed E-state index contributed by atoms with van der Waals surface area (Å²) < 4.78 is 5.12. The minimum absolute atomic E-state index is 0.200. The lowest BCUT2D eigenvalue weighted by Crippen LogP contribution is -2.00. The first-order chi connectivity index (χ1) is 9.10. The van der Waals surface area contributed by atoms with E-state index in [4.69, 9.17) is 27.9 Å². The molecule has 0 aliphatic carbocycles. The quantitative estimate of drug-likeness (QED) is 0.883. The molecule has 0 saturated heterocycles. The minimum Gasteiger partial charge on any atom is -0.508 e. The second kappa shape index (κ2) is 6.04. The number of nitrogens with one attached hydrogen (secondary N) is 1. The summed E-state index contributed by atoms with van der Waals surface area (Å²) in [6.45, 7) is 0.420. The van der Waals surface area contributed by atoms with E-state index in [9.17, 15) is 5.11 Å². The molecule has 2 aromatic carbocycles. The Hall–Kier alpha value is -1.58. The third kappa shape index (κ3) is 3.46. The molecule has 0 atom stereocenters. The van der Waals surface area contributed by atoms with Gasteiger partial charge < -0.3 is 15.2 Å². The number of aromatic hydroxyl groups is 1. The molecule has 3 nitrogen and oxygen atoms in total. The van der Waals surface area contributed by atoms with Crippen molar-refractivity contribution in [1.29, 1.82) is 0 Å². The number of benzene rings is 2. The van der Waals surface area contributed by atoms with Gasteiger partial charge in [-0.3, -0.25) is 0 Å². The Morgan fingerprint density at radius 2 is 1.95 bits per heavy atom. The van der Waals surface area contributed by atoms with Gasteiger partial charge in [-0.25, -0.2) is 0 Å². The maximum Gasteiger partial charge on any atom is 0.120 e. The molecule has 19 heavy (non-hydrogen) atoms. The second-order valence-electron chi connectivity index (χ2n) is 3.97. The van der Waals surface area contributed by atoms with Crippen LogP contribution in [0.2, 0.25) is 10.0 Å². The minimum atomic E-state index is 0.200. The molecule has 2 rings (SSSR count). The molecule has 2 aromatic rings. The van der Waals surface area contributed by atoms with Crippen LogP contribution in [0.3, 0.4) is 0 Å². The van der Waals surface area contributed by atoms with Gasteiger partial charge in [0.05, 0.1) is 17.8 Å². The molecule has 100 valence electrons. The molecule has 0 bridgehead atoms. The Morgan fingerprint density at radius 1 is 1.16 bits per heavy atom. The van der Waals surface area contributed by atoms with Crippen molar-refractivity contribution >= 4 is 28.9 Å². The van der Waals surface area contributed by atoms with Crippen LogP contribution in [0.25, 0.3) is 0 Å². The molecule has 5 heteroatoms. The van der Waals surface area contributed by atoms with E-state index in [2.05, 4.69) is 5.32 Å². The van der Waals surface area contributed by atoms with Crippen LogP contribution < -0.4 is 10.1 Å². The highest BCUT2D eigenvalue weighted by atomic mass is 35.5. The average Bonchev–Trinajstić information content (AvgIpc) is 2.41. The van der Waals surface area contributed by atoms with E-state index in [0.29, 0.717) is 22.3 Å². The third-order valence-electron chi connectivity index (χ3n) is 2.68. The summed E-state index contributed by atoms with van der Waals surface area (Å²) in [5.74, 6) is 0.887. The highest BCUT2D eigenvalue weighted by molar-refractivity contribution is 6.35. The lowest BCUT2D eigenvalue weighted by molar-refractivity contribution is 0.411. The Labute approximate surface area is 121 Å². The maximum atomic E-state index is 9.78. The molecule has 0 spiro atoms. The van der Waals surface area contributed by atoms with Crippen molar-refractivity contribution in [2.24, 2.45) is 0 Å². The van der Waals surface area contributed by atoms with Crippen LogP contribution in [0, 0.1) is 0 Å². The molecule has 0 heterocycles.